The Morgan fingerprint density at radius 2 is 2.00 bits per heavy atom. The molecular weight excluding hydrogens is 250 g/mol. The van der Waals surface area contributed by atoms with Gasteiger partial charge >= 0.3 is 0 Å². The summed E-state index contributed by atoms with van der Waals surface area (Å²) in [6.07, 6.45) is 2.72. The number of aromatic nitrogens is 1. The van der Waals surface area contributed by atoms with E-state index < -0.39 is 0 Å². The highest BCUT2D eigenvalue weighted by atomic mass is 16.1. The lowest BCUT2D eigenvalue weighted by Gasteiger charge is -2.09. The average molecular weight is 269 g/mol. The van der Waals surface area contributed by atoms with Gasteiger partial charge in [0, 0.05) is 6.42 Å². The van der Waals surface area contributed by atoms with Crippen molar-refractivity contribution >= 4 is 17.4 Å². The van der Waals surface area contributed by atoms with Gasteiger partial charge in [0.05, 0.1) is 11.9 Å². The van der Waals surface area contributed by atoms with Gasteiger partial charge in [-0.05, 0) is 43.0 Å². The van der Waals surface area contributed by atoms with Gasteiger partial charge in [0.25, 0.3) is 0 Å². The van der Waals surface area contributed by atoms with Gasteiger partial charge in [-0.1, -0.05) is 24.3 Å². The molecule has 0 unspecified atom stereocenters. The van der Waals surface area contributed by atoms with Crippen molar-refractivity contribution in [2.45, 2.75) is 26.7 Å². The number of nitrogens with zero attached hydrogens (tertiary/aromatic N) is 1. The van der Waals surface area contributed by atoms with Crippen molar-refractivity contribution in [3.8, 4) is 0 Å². The molecule has 0 bridgehead atoms. The molecule has 2 aromatic rings. The van der Waals surface area contributed by atoms with Gasteiger partial charge < -0.3 is 11.1 Å². The van der Waals surface area contributed by atoms with Gasteiger partial charge in [0.15, 0.2) is 0 Å². The van der Waals surface area contributed by atoms with Gasteiger partial charge in [-0.15, -0.1) is 0 Å². The summed E-state index contributed by atoms with van der Waals surface area (Å²) < 4.78 is 0. The van der Waals surface area contributed by atoms with E-state index >= 15 is 0 Å². The highest BCUT2D eigenvalue weighted by molar-refractivity contribution is 5.90. The summed E-state index contributed by atoms with van der Waals surface area (Å²) in [7, 11) is 0. The molecule has 1 aromatic heterocycles. The highest BCUT2D eigenvalue weighted by Crippen LogP contribution is 2.15. The first-order valence-electron chi connectivity index (χ1n) is 6.63. The molecule has 3 N–H and O–H groups in total. The fourth-order valence-electron chi connectivity index (χ4n) is 2.06. The predicted octanol–water partition coefficient (Wildman–Crippen LogP) is 2.85. The fourth-order valence-corrected chi connectivity index (χ4v) is 2.06. The largest absolute Gasteiger partial charge is 0.397 e. The minimum atomic E-state index is -0.0337. The first kappa shape index (κ1) is 14.1. The summed E-state index contributed by atoms with van der Waals surface area (Å²) in [4.78, 5) is 16.1. The normalized spacial score (nSPS) is 10.3. The van der Waals surface area contributed by atoms with E-state index in [0.717, 1.165) is 12.0 Å². The quantitative estimate of drug-likeness (QED) is 0.896. The summed E-state index contributed by atoms with van der Waals surface area (Å²) in [5.74, 6) is 0.544. The van der Waals surface area contributed by atoms with Crippen LogP contribution in [-0.4, -0.2) is 10.9 Å². The molecule has 0 aliphatic carbocycles. The summed E-state index contributed by atoms with van der Waals surface area (Å²) in [5.41, 5.74) is 9.51. The number of nitrogens with one attached hydrogen (secondary N) is 1. The molecule has 4 heteroatoms. The number of nitrogens with two attached hydrogens (primary N) is 1. The molecule has 2 rings (SSSR count). The molecule has 0 atom stereocenters. The van der Waals surface area contributed by atoms with Crippen molar-refractivity contribution in [1.82, 2.24) is 4.98 Å². The van der Waals surface area contributed by atoms with E-state index in [1.807, 2.05) is 19.1 Å². The van der Waals surface area contributed by atoms with Crippen LogP contribution < -0.4 is 11.1 Å². The number of hydrogen-bond acceptors (Lipinski definition) is 3. The van der Waals surface area contributed by atoms with Crippen LogP contribution in [-0.2, 0) is 11.2 Å². The predicted molar refractivity (Wildman–Crippen MR) is 81.5 cm³/mol. The highest BCUT2D eigenvalue weighted by Gasteiger charge is 2.07. The molecule has 1 aromatic carbocycles. The standard InChI is InChI=1S/C16H19N3O/c1-11-5-3-4-6-13(11)7-8-15(20)19-16-12(2)9-14(17)10-18-16/h3-6,9-10H,7-8,17H2,1-2H3,(H,18,19,20). The van der Waals surface area contributed by atoms with E-state index in [2.05, 4.69) is 29.4 Å². The zero-order valence-corrected chi connectivity index (χ0v) is 11.8. The van der Waals surface area contributed by atoms with Crippen molar-refractivity contribution in [2.75, 3.05) is 11.1 Å². The van der Waals surface area contributed by atoms with Gasteiger partial charge in [0.1, 0.15) is 5.82 Å². The fraction of sp³-hybridized carbons (Fsp3) is 0.250. The van der Waals surface area contributed by atoms with Gasteiger partial charge in [0.2, 0.25) is 5.91 Å². The van der Waals surface area contributed by atoms with E-state index in [9.17, 15) is 4.79 Å². The maximum Gasteiger partial charge on any atom is 0.225 e. The number of nitrogen functional groups attached to an aromatic ring is 1. The van der Waals surface area contributed by atoms with E-state index in [4.69, 9.17) is 5.73 Å². The van der Waals surface area contributed by atoms with Crippen LogP contribution in [0.3, 0.4) is 0 Å². The number of benzene rings is 1. The summed E-state index contributed by atoms with van der Waals surface area (Å²) in [6, 6.07) is 9.89. The monoisotopic (exact) mass is 269 g/mol. The lowest BCUT2D eigenvalue weighted by molar-refractivity contribution is -0.116. The number of anilines is 2. The molecule has 0 aliphatic heterocycles. The van der Waals surface area contributed by atoms with Gasteiger partial charge in [-0.3, -0.25) is 4.79 Å². The van der Waals surface area contributed by atoms with E-state index in [1.54, 1.807) is 12.3 Å². The number of pyridine rings is 1. The second-order valence-corrected chi connectivity index (χ2v) is 4.91. The molecular formula is C16H19N3O. The maximum atomic E-state index is 12.0. The van der Waals surface area contributed by atoms with Crippen LogP contribution in [0.15, 0.2) is 36.5 Å². The van der Waals surface area contributed by atoms with Crippen molar-refractivity contribution in [1.29, 1.82) is 0 Å². The minimum Gasteiger partial charge on any atom is -0.397 e. The van der Waals surface area contributed by atoms with Gasteiger partial charge in [-0.2, -0.15) is 0 Å². The van der Waals surface area contributed by atoms with Crippen molar-refractivity contribution in [3.05, 3.63) is 53.2 Å². The average Bonchev–Trinajstić information content (AvgIpc) is 2.41. The second kappa shape index (κ2) is 6.19. The molecule has 4 nitrogen and oxygen atoms in total. The van der Waals surface area contributed by atoms with Crippen LogP contribution >= 0.6 is 0 Å². The van der Waals surface area contributed by atoms with Crippen LogP contribution in [0.2, 0.25) is 0 Å². The van der Waals surface area contributed by atoms with Crippen molar-refractivity contribution in [3.63, 3.8) is 0 Å². The third-order valence-corrected chi connectivity index (χ3v) is 3.24. The summed E-state index contributed by atoms with van der Waals surface area (Å²) >= 11 is 0. The summed E-state index contributed by atoms with van der Waals surface area (Å²) in [5, 5.41) is 2.82. The second-order valence-electron chi connectivity index (χ2n) is 4.91. The lowest BCUT2D eigenvalue weighted by Crippen LogP contribution is -2.14. The molecule has 0 spiro atoms. The number of aryl methyl sites for hydroxylation is 3. The Kier molecular flexibility index (Phi) is 4.35. The van der Waals surface area contributed by atoms with Crippen LogP contribution in [0, 0.1) is 13.8 Å². The first-order valence-corrected chi connectivity index (χ1v) is 6.63. The number of hydrogen-bond donors (Lipinski definition) is 2. The van der Waals surface area contributed by atoms with Gasteiger partial charge in [-0.25, -0.2) is 4.98 Å². The minimum absolute atomic E-state index is 0.0337. The Balaban J connectivity index is 1.94. The van der Waals surface area contributed by atoms with Crippen molar-refractivity contribution < 1.29 is 4.79 Å². The molecule has 20 heavy (non-hydrogen) atoms. The Hall–Kier alpha value is -2.36. The molecule has 104 valence electrons. The SMILES string of the molecule is Cc1ccccc1CCC(=O)Nc1ncc(N)cc1C. The Bertz CT molecular complexity index is 623. The number of amides is 1. The van der Waals surface area contributed by atoms with Crippen molar-refractivity contribution in [2.24, 2.45) is 0 Å². The Labute approximate surface area is 119 Å². The van der Waals surface area contributed by atoms with Crippen LogP contribution in [0.5, 0.6) is 0 Å². The molecule has 0 radical (unpaired) electrons. The van der Waals surface area contributed by atoms with E-state index in [0.29, 0.717) is 17.9 Å². The smallest absolute Gasteiger partial charge is 0.225 e. The molecule has 0 saturated carbocycles. The van der Waals surface area contributed by atoms with E-state index in [-0.39, 0.29) is 5.91 Å². The van der Waals surface area contributed by atoms with Crippen LogP contribution in [0.1, 0.15) is 23.1 Å². The number of carbonyl (C=O) groups is 1. The topological polar surface area (TPSA) is 68.0 Å². The van der Waals surface area contributed by atoms with Crippen LogP contribution in [0.4, 0.5) is 11.5 Å². The summed E-state index contributed by atoms with van der Waals surface area (Å²) in [6.45, 7) is 3.93. The maximum absolute atomic E-state index is 12.0. The lowest BCUT2D eigenvalue weighted by atomic mass is 10.0. The molecule has 0 fully saturated rings. The number of carbonyl (C=O) groups excluding carboxylic acids is 1. The Morgan fingerprint density at radius 1 is 1.25 bits per heavy atom. The van der Waals surface area contributed by atoms with Crippen LogP contribution in [0.25, 0.3) is 0 Å². The zero-order chi connectivity index (χ0) is 14.5. The molecule has 1 heterocycles. The number of rotatable bonds is 4. The Morgan fingerprint density at radius 3 is 2.70 bits per heavy atom. The molecule has 1 amide bonds. The third-order valence-electron chi connectivity index (χ3n) is 3.24. The zero-order valence-electron chi connectivity index (χ0n) is 11.8. The first-order chi connectivity index (χ1) is 9.56. The van der Waals surface area contributed by atoms with E-state index in [1.165, 1.54) is 11.1 Å². The third kappa shape index (κ3) is 3.57. The molecule has 0 saturated heterocycles. The molecule has 0 aliphatic rings.